The van der Waals surface area contributed by atoms with Gasteiger partial charge in [-0.25, -0.2) is 14.2 Å². The van der Waals surface area contributed by atoms with E-state index in [1.165, 1.54) is 6.07 Å². The van der Waals surface area contributed by atoms with Crippen LogP contribution in [0.5, 0.6) is 0 Å². The Hall–Kier alpha value is -2.71. The zero-order valence-electron chi connectivity index (χ0n) is 19.5. The first-order valence-corrected chi connectivity index (χ1v) is 13.0. The van der Waals surface area contributed by atoms with Crippen molar-refractivity contribution < 1.29 is 19.0 Å². The van der Waals surface area contributed by atoms with Gasteiger partial charge in [-0.2, -0.15) is 11.8 Å². The van der Waals surface area contributed by atoms with E-state index in [4.69, 9.17) is 9.72 Å². The van der Waals surface area contributed by atoms with Crippen molar-refractivity contribution in [1.82, 2.24) is 9.55 Å². The van der Waals surface area contributed by atoms with Gasteiger partial charge in [0.05, 0.1) is 29.0 Å². The molecular weight excluding hydrogens is 455 g/mol. The molecule has 0 aliphatic carbocycles. The number of nitrogens with zero attached hydrogens (tertiary/aromatic N) is 2. The summed E-state index contributed by atoms with van der Waals surface area (Å²) in [7, 11) is 0. The molecular formula is C26H27FN2O4S. The molecule has 0 unspecified atom stereocenters. The van der Waals surface area contributed by atoms with Gasteiger partial charge in [-0.05, 0) is 67.9 Å². The van der Waals surface area contributed by atoms with Crippen LogP contribution in [0.1, 0.15) is 54.0 Å². The van der Waals surface area contributed by atoms with Crippen molar-refractivity contribution in [2.75, 3.05) is 12.0 Å². The number of halogens is 1. The Bertz CT molecular complexity index is 1400. The Balaban J connectivity index is 1.67. The Morgan fingerprint density at radius 1 is 1.26 bits per heavy atom. The number of aryl methyl sites for hydroxylation is 1. The van der Waals surface area contributed by atoms with Crippen LogP contribution in [-0.4, -0.2) is 32.6 Å². The minimum atomic E-state index is -1.87. The number of aliphatic hydroxyl groups is 1. The zero-order valence-corrected chi connectivity index (χ0v) is 20.4. The summed E-state index contributed by atoms with van der Waals surface area (Å²) in [6.07, 6.45) is 4.96. The first-order chi connectivity index (χ1) is 16.3. The van der Waals surface area contributed by atoms with E-state index in [1.807, 2.05) is 13.0 Å². The first kappa shape index (κ1) is 23.1. The van der Waals surface area contributed by atoms with Crippen LogP contribution in [0.15, 0.2) is 23.0 Å². The number of pyridine rings is 2. The second kappa shape index (κ2) is 8.50. The lowest BCUT2D eigenvalue weighted by Crippen LogP contribution is -2.44. The summed E-state index contributed by atoms with van der Waals surface area (Å²) < 4.78 is 21.6. The highest BCUT2D eigenvalue weighted by atomic mass is 32.2. The molecule has 2 aliphatic heterocycles. The highest BCUT2D eigenvalue weighted by molar-refractivity contribution is 7.98. The highest BCUT2D eigenvalue weighted by Gasteiger charge is 2.45. The van der Waals surface area contributed by atoms with Gasteiger partial charge < -0.3 is 14.4 Å². The predicted molar refractivity (Wildman–Crippen MR) is 131 cm³/mol. The third-order valence-electron chi connectivity index (χ3n) is 7.17. The maximum Gasteiger partial charge on any atom is 0.343 e. The van der Waals surface area contributed by atoms with E-state index in [9.17, 15) is 19.1 Å². The number of carbonyl (C=O) groups is 1. The molecule has 1 atom stereocenters. The number of carbonyl (C=O) groups excluding carboxylic acids is 1. The normalized spacial score (nSPS) is 18.6. The van der Waals surface area contributed by atoms with Crippen molar-refractivity contribution in [3.63, 3.8) is 0 Å². The van der Waals surface area contributed by atoms with Crippen molar-refractivity contribution >= 4 is 28.6 Å². The molecule has 6 nitrogen and oxygen atoms in total. The van der Waals surface area contributed by atoms with Gasteiger partial charge in [0, 0.05) is 22.6 Å². The van der Waals surface area contributed by atoms with Crippen molar-refractivity contribution in [2.45, 2.75) is 58.3 Å². The molecule has 5 rings (SSSR count). The average Bonchev–Trinajstić information content (AvgIpc) is 3.18. The molecule has 2 aliphatic rings. The van der Waals surface area contributed by atoms with Crippen LogP contribution in [-0.2, 0) is 34.7 Å². The molecule has 178 valence electrons. The Labute approximate surface area is 201 Å². The molecule has 2 aromatic heterocycles. The second-order valence-corrected chi connectivity index (χ2v) is 10.1. The standard InChI is InChI=1S/C26H27FN2O4S/c1-4-26(32)19-10-22-23-15(12-29(22)24(30)18(19)13-33-25(26)31)9-17-16(7-5-6-8-34-3)14(2)20(27)11-21(17)28-23/h9-11,32H,4-8,12-13H2,1-3H3/t26-/m0/s1. The third kappa shape index (κ3) is 3.38. The number of fused-ring (bicyclic) bond motifs is 5. The maximum atomic E-state index is 14.8. The SMILES string of the molecule is CC[C@@]1(O)C(=O)OCc2c1cc1n(c2=O)Cc2cc3c(CCCCSC)c(C)c(F)cc3nc2-1. The molecule has 0 fully saturated rings. The summed E-state index contributed by atoms with van der Waals surface area (Å²) in [5, 5.41) is 11.9. The van der Waals surface area contributed by atoms with Crippen LogP contribution in [0.2, 0.25) is 0 Å². The van der Waals surface area contributed by atoms with Gasteiger partial charge in [-0.1, -0.05) is 6.92 Å². The molecule has 0 amide bonds. The van der Waals surface area contributed by atoms with E-state index in [0.717, 1.165) is 41.5 Å². The fourth-order valence-corrected chi connectivity index (χ4v) is 5.62. The Kier molecular flexibility index (Phi) is 5.76. The highest BCUT2D eigenvalue weighted by Crippen LogP contribution is 2.39. The summed E-state index contributed by atoms with van der Waals surface area (Å²) in [4.78, 5) is 30.4. The molecule has 0 saturated carbocycles. The third-order valence-corrected chi connectivity index (χ3v) is 7.87. The van der Waals surface area contributed by atoms with Gasteiger partial charge in [-0.15, -0.1) is 0 Å². The summed E-state index contributed by atoms with van der Waals surface area (Å²) >= 11 is 1.80. The van der Waals surface area contributed by atoms with Gasteiger partial charge in [0.25, 0.3) is 5.56 Å². The van der Waals surface area contributed by atoms with Crippen LogP contribution < -0.4 is 5.56 Å². The lowest BCUT2D eigenvalue weighted by molar-refractivity contribution is -0.172. The van der Waals surface area contributed by atoms with Crippen LogP contribution in [0.4, 0.5) is 4.39 Å². The molecule has 1 aromatic carbocycles. The van der Waals surface area contributed by atoms with E-state index in [2.05, 4.69) is 6.26 Å². The van der Waals surface area contributed by atoms with Gasteiger partial charge in [0.2, 0.25) is 0 Å². The number of hydrogen-bond donors (Lipinski definition) is 1. The number of ether oxygens (including phenoxy) is 1. The van der Waals surface area contributed by atoms with Crippen molar-refractivity contribution in [3.05, 3.63) is 62.2 Å². The molecule has 4 heterocycles. The first-order valence-electron chi connectivity index (χ1n) is 11.6. The molecule has 0 bridgehead atoms. The summed E-state index contributed by atoms with van der Waals surface area (Å²) in [6.45, 7) is 3.65. The molecule has 0 radical (unpaired) electrons. The van der Waals surface area contributed by atoms with E-state index in [-0.39, 0.29) is 30.0 Å². The number of aromatic nitrogens is 2. The number of thioether (sulfide) groups is 1. The van der Waals surface area contributed by atoms with Crippen LogP contribution in [0.25, 0.3) is 22.3 Å². The molecule has 34 heavy (non-hydrogen) atoms. The smallest absolute Gasteiger partial charge is 0.343 e. The van der Waals surface area contributed by atoms with Gasteiger partial charge in [0.15, 0.2) is 5.60 Å². The quantitative estimate of drug-likeness (QED) is 0.328. The number of rotatable bonds is 6. The topological polar surface area (TPSA) is 81.4 Å². The fourth-order valence-electron chi connectivity index (χ4n) is 5.13. The lowest BCUT2D eigenvalue weighted by Gasteiger charge is -2.31. The number of unbranched alkanes of at least 4 members (excludes halogenated alkanes) is 1. The average molecular weight is 483 g/mol. The van der Waals surface area contributed by atoms with Gasteiger partial charge in [-0.3, -0.25) is 4.79 Å². The largest absolute Gasteiger partial charge is 0.458 e. The number of esters is 1. The Morgan fingerprint density at radius 2 is 2.06 bits per heavy atom. The van der Waals surface area contributed by atoms with Crippen LogP contribution in [0.3, 0.4) is 0 Å². The number of benzene rings is 1. The minimum absolute atomic E-state index is 0.0874. The van der Waals surface area contributed by atoms with E-state index < -0.39 is 11.6 Å². The fraction of sp³-hybridized carbons (Fsp3) is 0.423. The van der Waals surface area contributed by atoms with Gasteiger partial charge >= 0.3 is 5.97 Å². The minimum Gasteiger partial charge on any atom is -0.458 e. The maximum absolute atomic E-state index is 14.8. The monoisotopic (exact) mass is 482 g/mol. The van der Waals surface area contributed by atoms with Gasteiger partial charge in [0.1, 0.15) is 12.4 Å². The molecule has 1 N–H and O–H groups in total. The van der Waals surface area contributed by atoms with Crippen LogP contribution >= 0.6 is 11.8 Å². The van der Waals surface area contributed by atoms with Crippen LogP contribution in [0, 0.1) is 12.7 Å². The molecule has 3 aromatic rings. The molecule has 0 saturated heterocycles. The molecule has 0 spiro atoms. The summed E-state index contributed by atoms with van der Waals surface area (Å²) in [5.41, 5.74) is 2.55. The van der Waals surface area contributed by atoms with Crippen molar-refractivity contribution in [2.24, 2.45) is 0 Å². The second-order valence-electron chi connectivity index (χ2n) is 9.08. The lowest BCUT2D eigenvalue weighted by atomic mass is 9.86. The number of hydrogen-bond acceptors (Lipinski definition) is 6. The van der Waals surface area contributed by atoms with Crippen molar-refractivity contribution in [1.29, 1.82) is 0 Å². The molecule has 8 heteroatoms. The van der Waals surface area contributed by atoms with E-state index >= 15 is 0 Å². The predicted octanol–water partition coefficient (Wildman–Crippen LogP) is 4.21. The summed E-state index contributed by atoms with van der Waals surface area (Å²) in [5.74, 6) is 0.0306. The summed E-state index contributed by atoms with van der Waals surface area (Å²) in [6, 6.07) is 5.15. The van der Waals surface area contributed by atoms with E-state index in [1.54, 1.807) is 29.3 Å². The van der Waals surface area contributed by atoms with E-state index in [0.29, 0.717) is 34.6 Å². The zero-order chi connectivity index (χ0) is 24.2. The Morgan fingerprint density at radius 3 is 2.79 bits per heavy atom. The number of cyclic esters (lactones) is 1. The van der Waals surface area contributed by atoms with Crippen molar-refractivity contribution in [3.8, 4) is 11.4 Å².